The van der Waals surface area contributed by atoms with E-state index in [2.05, 4.69) is 0 Å². The van der Waals surface area contributed by atoms with Gasteiger partial charge in [0.2, 0.25) is 6.10 Å². The number of ether oxygens (including phenoxy) is 1. The van der Waals surface area contributed by atoms with Gasteiger partial charge in [0.25, 0.3) is 0 Å². The van der Waals surface area contributed by atoms with E-state index in [9.17, 15) is 9.59 Å². The smallest absolute Gasteiger partial charge is 0.410 e. The zero-order valence-corrected chi connectivity index (χ0v) is 12.1. The second-order valence-corrected chi connectivity index (χ2v) is 5.74. The van der Waals surface area contributed by atoms with E-state index in [0.717, 1.165) is 25.7 Å². The van der Waals surface area contributed by atoms with Crippen LogP contribution in [0.5, 0.6) is 0 Å². The molecule has 0 aromatic rings. The first-order chi connectivity index (χ1) is 8.91. The van der Waals surface area contributed by atoms with E-state index in [1.807, 2.05) is 13.8 Å². The average molecular weight is 271 g/mol. The van der Waals surface area contributed by atoms with Crippen molar-refractivity contribution in [2.45, 2.75) is 64.5 Å². The SMILES string of the molecule is CC(C)C[C@H](OC(=O)N(C)C1CCCCC1)C(=O)O. The number of hydrogen-bond acceptors (Lipinski definition) is 3. The van der Waals surface area contributed by atoms with E-state index in [1.165, 1.54) is 6.42 Å². The topological polar surface area (TPSA) is 66.8 Å². The molecule has 1 rings (SSSR count). The fourth-order valence-corrected chi connectivity index (χ4v) is 2.45. The summed E-state index contributed by atoms with van der Waals surface area (Å²) in [6.45, 7) is 3.82. The maximum Gasteiger partial charge on any atom is 0.410 e. The van der Waals surface area contributed by atoms with Crippen LogP contribution in [0.2, 0.25) is 0 Å². The second kappa shape index (κ2) is 7.36. The van der Waals surface area contributed by atoms with E-state index in [1.54, 1.807) is 11.9 Å². The van der Waals surface area contributed by atoms with Crippen molar-refractivity contribution >= 4 is 12.1 Å². The normalized spacial score (nSPS) is 18.1. The molecule has 0 saturated heterocycles. The highest BCUT2D eigenvalue weighted by atomic mass is 16.6. The molecule has 0 heterocycles. The molecule has 1 atom stereocenters. The Kier molecular flexibility index (Phi) is 6.12. The minimum absolute atomic E-state index is 0.175. The molecule has 0 aromatic heterocycles. The standard InChI is InChI=1S/C14H25NO4/c1-10(2)9-12(13(16)17)19-14(18)15(3)11-7-5-4-6-8-11/h10-12H,4-9H2,1-3H3,(H,16,17)/t12-/m0/s1. The Labute approximate surface area is 114 Å². The molecule has 1 amide bonds. The summed E-state index contributed by atoms with van der Waals surface area (Å²) < 4.78 is 5.13. The van der Waals surface area contributed by atoms with Gasteiger partial charge in [-0.05, 0) is 25.2 Å². The van der Waals surface area contributed by atoms with Gasteiger partial charge in [-0.15, -0.1) is 0 Å². The molecule has 0 bridgehead atoms. The molecule has 0 aromatic carbocycles. The molecule has 0 aliphatic heterocycles. The van der Waals surface area contributed by atoms with Crippen molar-refractivity contribution in [1.82, 2.24) is 4.90 Å². The van der Waals surface area contributed by atoms with Gasteiger partial charge in [0.15, 0.2) is 0 Å². The Morgan fingerprint density at radius 1 is 1.26 bits per heavy atom. The number of carboxylic acid groups (broad SMARTS) is 1. The Morgan fingerprint density at radius 3 is 2.32 bits per heavy atom. The summed E-state index contributed by atoms with van der Waals surface area (Å²) in [5.41, 5.74) is 0. The van der Waals surface area contributed by atoms with Gasteiger partial charge in [-0.3, -0.25) is 0 Å². The Balaban J connectivity index is 2.52. The Bertz CT molecular complexity index is 311. The lowest BCUT2D eigenvalue weighted by molar-refractivity contribution is -0.148. The lowest BCUT2D eigenvalue weighted by atomic mass is 9.95. The largest absolute Gasteiger partial charge is 0.479 e. The van der Waals surface area contributed by atoms with Crippen LogP contribution in [0.1, 0.15) is 52.4 Å². The number of nitrogens with zero attached hydrogens (tertiary/aromatic N) is 1. The van der Waals surface area contributed by atoms with Gasteiger partial charge in [-0.2, -0.15) is 0 Å². The molecule has 5 heteroatoms. The van der Waals surface area contributed by atoms with Crippen LogP contribution in [0.25, 0.3) is 0 Å². The molecular weight excluding hydrogens is 246 g/mol. The van der Waals surface area contributed by atoms with E-state index in [0.29, 0.717) is 6.42 Å². The molecule has 1 saturated carbocycles. The Morgan fingerprint density at radius 2 is 1.84 bits per heavy atom. The summed E-state index contributed by atoms with van der Waals surface area (Å²) in [7, 11) is 1.70. The predicted molar refractivity (Wildman–Crippen MR) is 72.0 cm³/mol. The summed E-state index contributed by atoms with van der Waals surface area (Å²) >= 11 is 0. The highest BCUT2D eigenvalue weighted by molar-refractivity contribution is 5.77. The van der Waals surface area contributed by atoms with Crippen molar-refractivity contribution in [3.8, 4) is 0 Å². The van der Waals surface area contributed by atoms with E-state index in [4.69, 9.17) is 9.84 Å². The number of amides is 1. The monoisotopic (exact) mass is 271 g/mol. The average Bonchev–Trinajstić information content (AvgIpc) is 2.37. The third-order valence-electron chi connectivity index (χ3n) is 3.61. The van der Waals surface area contributed by atoms with Crippen LogP contribution in [-0.2, 0) is 9.53 Å². The molecule has 110 valence electrons. The number of rotatable bonds is 5. The van der Waals surface area contributed by atoms with Gasteiger partial charge < -0.3 is 14.7 Å². The minimum Gasteiger partial charge on any atom is -0.479 e. The molecule has 1 N–H and O–H groups in total. The number of carboxylic acids is 1. The van der Waals surface area contributed by atoms with Gasteiger partial charge >= 0.3 is 12.1 Å². The van der Waals surface area contributed by atoms with Crippen LogP contribution < -0.4 is 0 Å². The lowest BCUT2D eigenvalue weighted by Gasteiger charge is -2.31. The maximum atomic E-state index is 12.0. The first kappa shape index (κ1) is 15.8. The lowest BCUT2D eigenvalue weighted by Crippen LogP contribution is -2.41. The van der Waals surface area contributed by atoms with Gasteiger partial charge in [-0.25, -0.2) is 9.59 Å². The number of aliphatic carboxylic acids is 1. The summed E-state index contributed by atoms with van der Waals surface area (Å²) in [5.74, 6) is -0.895. The highest BCUT2D eigenvalue weighted by Gasteiger charge is 2.28. The zero-order chi connectivity index (χ0) is 14.4. The van der Waals surface area contributed by atoms with Crippen LogP contribution in [0.3, 0.4) is 0 Å². The molecular formula is C14H25NO4. The van der Waals surface area contributed by atoms with Crippen LogP contribution in [0.4, 0.5) is 4.79 Å². The highest BCUT2D eigenvalue weighted by Crippen LogP contribution is 2.22. The minimum atomic E-state index is -1.07. The second-order valence-electron chi connectivity index (χ2n) is 5.74. The molecule has 0 unspecified atom stereocenters. The third kappa shape index (κ3) is 5.09. The first-order valence-corrected chi connectivity index (χ1v) is 7.08. The van der Waals surface area contributed by atoms with Crippen molar-refractivity contribution in [1.29, 1.82) is 0 Å². The zero-order valence-electron chi connectivity index (χ0n) is 12.1. The quantitative estimate of drug-likeness (QED) is 0.835. The fourth-order valence-electron chi connectivity index (χ4n) is 2.45. The van der Waals surface area contributed by atoms with E-state index in [-0.39, 0.29) is 12.0 Å². The molecule has 0 radical (unpaired) electrons. The van der Waals surface area contributed by atoms with Crippen molar-refractivity contribution in [3.05, 3.63) is 0 Å². The summed E-state index contributed by atoms with van der Waals surface area (Å²) in [4.78, 5) is 24.6. The predicted octanol–water partition coefficient (Wildman–Crippen LogP) is 2.89. The molecule has 1 fully saturated rings. The summed E-state index contributed by atoms with van der Waals surface area (Å²) in [5, 5.41) is 9.07. The van der Waals surface area contributed by atoms with Crippen LogP contribution >= 0.6 is 0 Å². The summed E-state index contributed by atoms with van der Waals surface area (Å²) in [6.07, 6.45) is 4.21. The maximum absolute atomic E-state index is 12.0. The molecule has 19 heavy (non-hydrogen) atoms. The van der Waals surface area contributed by atoms with Crippen LogP contribution in [0, 0.1) is 5.92 Å². The molecule has 5 nitrogen and oxygen atoms in total. The van der Waals surface area contributed by atoms with Gasteiger partial charge in [0, 0.05) is 13.1 Å². The molecule has 1 aliphatic rings. The van der Waals surface area contributed by atoms with E-state index >= 15 is 0 Å². The third-order valence-corrected chi connectivity index (χ3v) is 3.61. The summed E-state index contributed by atoms with van der Waals surface area (Å²) in [6, 6.07) is 0.190. The van der Waals surface area contributed by atoms with Crippen LogP contribution in [-0.4, -0.2) is 41.3 Å². The first-order valence-electron chi connectivity index (χ1n) is 7.08. The van der Waals surface area contributed by atoms with E-state index < -0.39 is 18.2 Å². The molecule has 0 spiro atoms. The fraction of sp³-hybridized carbons (Fsp3) is 0.857. The van der Waals surface area contributed by atoms with Gasteiger partial charge in [-0.1, -0.05) is 33.1 Å². The van der Waals surface area contributed by atoms with Crippen LogP contribution in [0.15, 0.2) is 0 Å². The van der Waals surface area contributed by atoms with Gasteiger partial charge in [0.1, 0.15) is 0 Å². The van der Waals surface area contributed by atoms with Crippen molar-refractivity contribution in [3.63, 3.8) is 0 Å². The number of hydrogen-bond donors (Lipinski definition) is 1. The van der Waals surface area contributed by atoms with Crippen molar-refractivity contribution in [2.75, 3.05) is 7.05 Å². The van der Waals surface area contributed by atoms with Crippen molar-refractivity contribution < 1.29 is 19.4 Å². The number of carbonyl (C=O) groups excluding carboxylic acids is 1. The van der Waals surface area contributed by atoms with Gasteiger partial charge in [0.05, 0.1) is 0 Å². The number of carbonyl (C=O) groups is 2. The Hall–Kier alpha value is -1.26. The van der Waals surface area contributed by atoms with Crippen molar-refractivity contribution in [2.24, 2.45) is 5.92 Å². The molecule has 1 aliphatic carbocycles.